The number of alkyl halides is 3. The number of piperazine rings is 1. The number of carbonyl (C=O) groups excluding carboxylic acids is 1. The fourth-order valence-electron chi connectivity index (χ4n) is 1.70. The fraction of sp³-hybridized carbons (Fsp3) is 0.900. The quantitative estimate of drug-likeness (QED) is 0.809. The summed E-state index contributed by atoms with van der Waals surface area (Å²) in [6.45, 7) is 3.58. The molecule has 0 radical (unpaired) electrons. The summed E-state index contributed by atoms with van der Waals surface area (Å²) < 4.78 is 39.8. The second-order valence-corrected chi connectivity index (χ2v) is 4.73. The highest BCUT2D eigenvalue weighted by Gasteiger charge is 2.30. The summed E-state index contributed by atoms with van der Waals surface area (Å²) in [5.41, 5.74) is -0.210. The summed E-state index contributed by atoms with van der Waals surface area (Å²) in [5, 5.41) is 3.21. The van der Waals surface area contributed by atoms with E-state index < -0.39 is 25.3 Å². The van der Waals surface area contributed by atoms with Gasteiger partial charge in [0.15, 0.2) is 0 Å². The number of hydrogen-bond acceptors (Lipinski definition) is 3. The van der Waals surface area contributed by atoms with Crippen molar-refractivity contribution in [3.05, 3.63) is 0 Å². The summed E-state index contributed by atoms with van der Waals surface area (Å²) in [7, 11) is 0. The molecule has 0 bridgehead atoms. The first-order chi connectivity index (χ1) is 7.70. The highest BCUT2D eigenvalue weighted by Crippen LogP contribution is 2.15. The average molecular weight is 254 g/mol. The van der Waals surface area contributed by atoms with Crippen molar-refractivity contribution in [1.82, 2.24) is 10.2 Å². The first-order valence-corrected chi connectivity index (χ1v) is 5.37. The summed E-state index contributed by atoms with van der Waals surface area (Å²) >= 11 is 0. The molecule has 0 atom stereocenters. The first kappa shape index (κ1) is 14.2. The molecule has 1 amide bonds. The Kier molecular flexibility index (Phi) is 4.37. The Morgan fingerprint density at radius 1 is 1.47 bits per heavy atom. The standard InChI is InChI=1S/C10H17F3N2O2/c1-9(2)6-15(4-3-14-9)8(16)5-17-7-10(11,12)13/h14H,3-7H2,1-2H3. The van der Waals surface area contributed by atoms with Crippen LogP contribution in [0.5, 0.6) is 0 Å². The van der Waals surface area contributed by atoms with Gasteiger partial charge in [0.1, 0.15) is 13.2 Å². The van der Waals surface area contributed by atoms with E-state index in [1.807, 2.05) is 13.8 Å². The van der Waals surface area contributed by atoms with E-state index in [1.54, 1.807) is 0 Å². The van der Waals surface area contributed by atoms with Gasteiger partial charge in [-0.15, -0.1) is 0 Å². The Bertz CT molecular complexity index is 279. The van der Waals surface area contributed by atoms with Crippen LogP contribution in [0.4, 0.5) is 13.2 Å². The van der Waals surface area contributed by atoms with Crippen molar-refractivity contribution in [2.75, 3.05) is 32.8 Å². The number of halogens is 3. The van der Waals surface area contributed by atoms with E-state index >= 15 is 0 Å². The van der Waals surface area contributed by atoms with Crippen molar-refractivity contribution in [3.63, 3.8) is 0 Å². The molecular weight excluding hydrogens is 237 g/mol. The molecule has 0 unspecified atom stereocenters. The third-order valence-corrected chi connectivity index (χ3v) is 2.42. The molecule has 0 aromatic heterocycles. The van der Waals surface area contributed by atoms with E-state index in [4.69, 9.17) is 0 Å². The van der Waals surface area contributed by atoms with Gasteiger partial charge in [-0.3, -0.25) is 4.79 Å². The lowest BCUT2D eigenvalue weighted by Gasteiger charge is -2.39. The zero-order valence-corrected chi connectivity index (χ0v) is 9.93. The fourth-order valence-corrected chi connectivity index (χ4v) is 1.70. The summed E-state index contributed by atoms with van der Waals surface area (Å²) in [6.07, 6.45) is -4.39. The van der Waals surface area contributed by atoms with E-state index in [9.17, 15) is 18.0 Å². The predicted octanol–water partition coefficient (Wildman–Crippen LogP) is 0.776. The van der Waals surface area contributed by atoms with Gasteiger partial charge in [-0.05, 0) is 13.8 Å². The van der Waals surface area contributed by atoms with Gasteiger partial charge in [-0.25, -0.2) is 0 Å². The lowest BCUT2D eigenvalue weighted by Crippen LogP contribution is -2.58. The number of carbonyl (C=O) groups is 1. The van der Waals surface area contributed by atoms with Crippen LogP contribution in [0.3, 0.4) is 0 Å². The maximum absolute atomic E-state index is 11.8. The van der Waals surface area contributed by atoms with Crippen LogP contribution in [0.15, 0.2) is 0 Å². The Morgan fingerprint density at radius 2 is 2.12 bits per heavy atom. The van der Waals surface area contributed by atoms with Crippen LogP contribution >= 0.6 is 0 Å². The minimum absolute atomic E-state index is 0.210. The van der Waals surface area contributed by atoms with Crippen LogP contribution in [0.25, 0.3) is 0 Å². The molecular formula is C10H17F3N2O2. The molecule has 0 spiro atoms. The van der Waals surface area contributed by atoms with Crippen LogP contribution < -0.4 is 5.32 Å². The molecule has 1 rings (SSSR count). The van der Waals surface area contributed by atoms with E-state index in [0.29, 0.717) is 19.6 Å². The minimum Gasteiger partial charge on any atom is -0.362 e. The van der Waals surface area contributed by atoms with Crippen LogP contribution in [0, 0.1) is 0 Å². The largest absolute Gasteiger partial charge is 0.411 e. The Morgan fingerprint density at radius 3 is 2.65 bits per heavy atom. The van der Waals surface area contributed by atoms with Gasteiger partial charge >= 0.3 is 6.18 Å². The highest BCUT2D eigenvalue weighted by molar-refractivity contribution is 5.77. The maximum Gasteiger partial charge on any atom is 0.411 e. The maximum atomic E-state index is 11.8. The zero-order chi connectivity index (χ0) is 13.1. The third-order valence-electron chi connectivity index (χ3n) is 2.42. The number of nitrogens with one attached hydrogen (secondary N) is 1. The molecule has 1 fully saturated rings. The van der Waals surface area contributed by atoms with Gasteiger partial charge in [-0.2, -0.15) is 13.2 Å². The van der Waals surface area contributed by atoms with Crippen molar-refractivity contribution < 1.29 is 22.7 Å². The monoisotopic (exact) mass is 254 g/mol. The topological polar surface area (TPSA) is 41.6 Å². The van der Waals surface area contributed by atoms with E-state index in [-0.39, 0.29) is 5.54 Å². The molecule has 0 saturated carbocycles. The van der Waals surface area contributed by atoms with Crippen LogP contribution in [0.2, 0.25) is 0 Å². The number of amides is 1. The first-order valence-electron chi connectivity index (χ1n) is 5.37. The molecule has 4 nitrogen and oxygen atoms in total. The summed E-state index contributed by atoms with van der Waals surface area (Å²) in [4.78, 5) is 13.1. The van der Waals surface area contributed by atoms with Gasteiger partial charge in [-0.1, -0.05) is 0 Å². The van der Waals surface area contributed by atoms with Gasteiger partial charge in [0.25, 0.3) is 0 Å². The minimum atomic E-state index is -4.39. The number of ether oxygens (including phenoxy) is 1. The van der Waals surface area contributed by atoms with E-state index in [2.05, 4.69) is 10.1 Å². The Labute approximate surface area is 98.1 Å². The van der Waals surface area contributed by atoms with Crippen molar-refractivity contribution in [2.45, 2.75) is 25.6 Å². The molecule has 0 aliphatic carbocycles. The molecule has 0 aromatic rings. The predicted molar refractivity (Wildman–Crippen MR) is 55.5 cm³/mol. The molecule has 1 aliphatic heterocycles. The average Bonchev–Trinajstić information content (AvgIpc) is 2.13. The molecule has 17 heavy (non-hydrogen) atoms. The number of rotatable bonds is 3. The van der Waals surface area contributed by atoms with Gasteiger partial charge in [0, 0.05) is 25.2 Å². The zero-order valence-electron chi connectivity index (χ0n) is 9.93. The lowest BCUT2D eigenvalue weighted by molar-refractivity contribution is -0.178. The lowest BCUT2D eigenvalue weighted by atomic mass is 10.0. The van der Waals surface area contributed by atoms with Gasteiger partial charge in [0.05, 0.1) is 0 Å². The SMILES string of the molecule is CC1(C)CN(C(=O)COCC(F)(F)F)CCN1. The second kappa shape index (κ2) is 5.22. The van der Waals surface area contributed by atoms with Crippen molar-refractivity contribution in [1.29, 1.82) is 0 Å². The molecule has 1 heterocycles. The van der Waals surface area contributed by atoms with Crippen molar-refractivity contribution in [3.8, 4) is 0 Å². The van der Waals surface area contributed by atoms with E-state index in [1.165, 1.54) is 4.90 Å². The Hall–Kier alpha value is -0.820. The van der Waals surface area contributed by atoms with Gasteiger partial charge < -0.3 is 15.0 Å². The van der Waals surface area contributed by atoms with Crippen LogP contribution in [0.1, 0.15) is 13.8 Å². The summed E-state index contributed by atoms with van der Waals surface area (Å²) in [6, 6.07) is 0. The number of nitrogens with zero attached hydrogens (tertiary/aromatic N) is 1. The van der Waals surface area contributed by atoms with E-state index in [0.717, 1.165) is 0 Å². The molecule has 7 heteroatoms. The number of hydrogen-bond donors (Lipinski definition) is 1. The summed E-state index contributed by atoms with van der Waals surface area (Å²) in [5.74, 6) is -0.399. The molecule has 0 aromatic carbocycles. The second-order valence-electron chi connectivity index (χ2n) is 4.73. The Balaban J connectivity index is 2.33. The van der Waals surface area contributed by atoms with Gasteiger partial charge in [0.2, 0.25) is 5.91 Å². The molecule has 1 saturated heterocycles. The normalized spacial score (nSPS) is 20.4. The van der Waals surface area contributed by atoms with Crippen molar-refractivity contribution >= 4 is 5.91 Å². The van der Waals surface area contributed by atoms with Crippen LogP contribution in [-0.4, -0.2) is 55.4 Å². The molecule has 1 N–H and O–H groups in total. The molecule has 1 aliphatic rings. The molecule has 100 valence electrons. The van der Waals surface area contributed by atoms with Crippen molar-refractivity contribution in [2.24, 2.45) is 0 Å². The highest BCUT2D eigenvalue weighted by atomic mass is 19.4. The van der Waals surface area contributed by atoms with Crippen LogP contribution in [-0.2, 0) is 9.53 Å². The smallest absolute Gasteiger partial charge is 0.362 e. The third kappa shape index (κ3) is 5.36.